The predicted octanol–water partition coefficient (Wildman–Crippen LogP) is 1.86. The molecule has 3 rings (SSSR count). The van der Waals surface area contributed by atoms with Crippen molar-refractivity contribution < 1.29 is 5.11 Å². The number of nitrogens with zero attached hydrogens (tertiary/aromatic N) is 3. The minimum Gasteiger partial charge on any atom is -0.395 e. The summed E-state index contributed by atoms with van der Waals surface area (Å²) >= 11 is 1.70. The number of hydrogen-bond acceptors (Lipinski definition) is 6. The highest BCUT2D eigenvalue weighted by atomic mass is 32.1. The molecule has 1 saturated heterocycles. The Hall–Kier alpha value is -1.24. The average Bonchev–Trinajstić information content (AvgIpc) is 2.86. The summed E-state index contributed by atoms with van der Waals surface area (Å²) in [6.45, 7) is 7.00. The molecule has 5 nitrogen and oxygen atoms in total. The van der Waals surface area contributed by atoms with Crippen LogP contribution in [-0.4, -0.2) is 47.4 Å². The molecule has 1 aliphatic rings. The fourth-order valence-electron chi connectivity index (χ4n) is 2.96. The number of rotatable bonds is 4. The Morgan fingerprint density at radius 3 is 2.81 bits per heavy atom. The summed E-state index contributed by atoms with van der Waals surface area (Å²) in [5, 5.41) is 15.7. The van der Waals surface area contributed by atoms with Crippen LogP contribution in [-0.2, 0) is 0 Å². The third kappa shape index (κ3) is 3.02. The second kappa shape index (κ2) is 6.25. The van der Waals surface area contributed by atoms with E-state index in [0.29, 0.717) is 12.6 Å². The van der Waals surface area contributed by atoms with E-state index in [1.54, 1.807) is 11.3 Å². The summed E-state index contributed by atoms with van der Waals surface area (Å²) in [7, 11) is 0. The Balaban J connectivity index is 1.80. The molecule has 1 fully saturated rings. The van der Waals surface area contributed by atoms with Crippen LogP contribution in [0.4, 0.5) is 5.82 Å². The van der Waals surface area contributed by atoms with Gasteiger partial charge in [-0.1, -0.05) is 0 Å². The fourth-order valence-corrected chi connectivity index (χ4v) is 3.92. The van der Waals surface area contributed by atoms with Crippen LogP contribution in [0.3, 0.4) is 0 Å². The maximum atomic E-state index is 8.89. The van der Waals surface area contributed by atoms with Crippen LogP contribution in [0.5, 0.6) is 0 Å². The van der Waals surface area contributed by atoms with Gasteiger partial charge in [0.05, 0.1) is 12.0 Å². The summed E-state index contributed by atoms with van der Waals surface area (Å²) < 4.78 is 0. The highest BCUT2D eigenvalue weighted by Gasteiger charge is 2.22. The summed E-state index contributed by atoms with van der Waals surface area (Å²) in [6.07, 6.45) is 2.18. The lowest BCUT2D eigenvalue weighted by atomic mass is 10.0. The third-order valence-electron chi connectivity index (χ3n) is 4.05. The van der Waals surface area contributed by atoms with Gasteiger partial charge in [0.15, 0.2) is 0 Å². The van der Waals surface area contributed by atoms with Crippen LogP contribution >= 0.6 is 11.3 Å². The van der Waals surface area contributed by atoms with Crippen molar-refractivity contribution in [2.45, 2.75) is 32.7 Å². The first-order valence-corrected chi connectivity index (χ1v) is 8.38. The minimum atomic E-state index is 0.208. The van der Waals surface area contributed by atoms with Gasteiger partial charge in [-0.25, -0.2) is 9.97 Å². The Bertz CT molecular complexity index is 619. The number of aliphatic hydroxyl groups excluding tert-OH is 1. The van der Waals surface area contributed by atoms with E-state index in [1.165, 1.54) is 10.9 Å². The van der Waals surface area contributed by atoms with E-state index in [2.05, 4.69) is 27.5 Å². The molecule has 3 heterocycles. The Labute approximate surface area is 129 Å². The second-order valence-electron chi connectivity index (χ2n) is 5.63. The molecule has 0 aliphatic carbocycles. The molecule has 2 aromatic rings. The molecule has 0 unspecified atom stereocenters. The number of fused-ring (bicyclic) bond motifs is 1. The number of thiophene rings is 1. The normalized spacial score (nSPS) is 16.8. The predicted molar refractivity (Wildman–Crippen MR) is 87.2 cm³/mol. The lowest BCUT2D eigenvalue weighted by Gasteiger charge is -2.33. The molecule has 0 atom stereocenters. The van der Waals surface area contributed by atoms with Gasteiger partial charge in [0, 0.05) is 25.7 Å². The standard InChI is InChI=1S/C15H22N4OS/c1-10-9-21-15-13(10)14(17-11(2)18-15)19-6-3-12(4-7-19)16-5-8-20/h9,12,16,20H,3-8H2,1-2H3. The number of hydrogen-bond donors (Lipinski definition) is 2. The third-order valence-corrected chi connectivity index (χ3v) is 5.04. The summed E-state index contributed by atoms with van der Waals surface area (Å²) in [5.74, 6) is 1.94. The van der Waals surface area contributed by atoms with Crippen molar-refractivity contribution in [1.82, 2.24) is 15.3 Å². The van der Waals surface area contributed by atoms with Crippen LogP contribution in [0.2, 0.25) is 0 Å². The SMILES string of the molecule is Cc1nc(N2CCC(NCCO)CC2)c2c(C)csc2n1. The zero-order chi connectivity index (χ0) is 14.8. The zero-order valence-electron chi connectivity index (χ0n) is 12.6. The molecule has 21 heavy (non-hydrogen) atoms. The highest BCUT2D eigenvalue weighted by Crippen LogP contribution is 2.32. The van der Waals surface area contributed by atoms with Crippen LogP contribution in [0.25, 0.3) is 10.2 Å². The lowest BCUT2D eigenvalue weighted by Crippen LogP contribution is -2.43. The lowest BCUT2D eigenvalue weighted by molar-refractivity contribution is 0.277. The largest absolute Gasteiger partial charge is 0.395 e. The summed E-state index contributed by atoms with van der Waals surface area (Å²) in [6, 6.07) is 0.510. The summed E-state index contributed by atoms with van der Waals surface area (Å²) in [4.78, 5) is 12.7. The van der Waals surface area contributed by atoms with Crippen LogP contribution in [0, 0.1) is 13.8 Å². The molecule has 0 spiro atoms. The number of aliphatic hydroxyl groups is 1. The Morgan fingerprint density at radius 1 is 1.33 bits per heavy atom. The van der Waals surface area contributed by atoms with Crippen molar-refractivity contribution >= 4 is 27.4 Å². The van der Waals surface area contributed by atoms with E-state index >= 15 is 0 Å². The van der Waals surface area contributed by atoms with E-state index < -0.39 is 0 Å². The van der Waals surface area contributed by atoms with Crippen LogP contribution in [0.15, 0.2) is 5.38 Å². The van der Waals surface area contributed by atoms with E-state index in [9.17, 15) is 0 Å². The summed E-state index contributed by atoms with van der Waals surface area (Å²) in [5.41, 5.74) is 1.27. The van der Waals surface area contributed by atoms with Gasteiger partial charge in [-0.2, -0.15) is 0 Å². The second-order valence-corrected chi connectivity index (χ2v) is 6.49. The molecule has 0 saturated carbocycles. The highest BCUT2D eigenvalue weighted by molar-refractivity contribution is 7.17. The molecule has 2 aromatic heterocycles. The van der Waals surface area contributed by atoms with Gasteiger partial charge in [0.25, 0.3) is 0 Å². The average molecular weight is 306 g/mol. The first-order valence-electron chi connectivity index (χ1n) is 7.50. The molecule has 0 bridgehead atoms. The maximum absolute atomic E-state index is 8.89. The van der Waals surface area contributed by atoms with Gasteiger partial charge in [-0.15, -0.1) is 11.3 Å². The molecule has 2 N–H and O–H groups in total. The molecule has 114 valence electrons. The van der Waals surface area contributed by atoms with Crippen LogP contribution in [0.1, 0.15) is 24.2 Å². The zero-order valence-corrected chi connectivity index (χ0v) is 13.4. The van der Waals surface area contributed by atoms with Crippen LogP contribution < -0.4 is 10.2 Å². The Kier molecular flexibility index (Phi) is 4.37. The quantitative estimate of drug-likeness (QED) is 0.903. The van der Waals surface area contributed by atoms with Crippen molar-refractivity contribution in [3.8, 4) is 0 Å². The molecule has 0 amide bonds. The smallest absolute Gasteiger partial charge is 0.141 e. The first-order chi connectivity index (χ1) is 10.2. The van der Waals surface area contributed by atoms with E-state index in [-0.39, 0.29) is 6.61 Å². The van der Waals surface area contributed by atoms with Gasteiger partial charge in [0.1, 0.15) is 16.5 Å². The molecular formula is C15H22N4OS. The molecule has 0 radical (unpaired) electrons. The number of nitrogens with one attached hydrogen (secondary N) is 1. The number of aryl methyl sites for hydroxylation is 2. The first kappa shape index (κ1) is 14.7. The number of anilines is 1. The Morgan fingerprint density at radius 2 is 2.10 bits per heavy atom. The minimum absolute atomic E-state index is 0.208. The van der Waals surface area contributed by atoms with Gasteiger partial charge >= 0.3 is 0 Å². The van der Waals surface area contributed by atoms with Gasteiger partial charge in [0.2, 0.25) is 0 Å². The molecular weight excluding hydrogens is 284 g/mol. The molecule has 6 heteroatoms. The van der Waals surface area contributed by atoms with E-state index in [1.807, 2.05) is 6.92 Å². The van der Waals surface area contributed by atoms with Gasteiger partial charge < -0.3 is 15.3 Å². The topological polar surface area (TPSA) is 61.3 Å². The van der Waals surface area contributed by atoms with Crippen molar-refractivity contribution in [3.63, 3.8) is 0 Å². The van der Waals surface area contributed by atoms with Crippen molar-refractivity contribution in [1.29, 1.82) is 0 Å². The van der Waals surface area contributed by atoms with Gasteiger partial charge in [-0.05, 0) is 37.6 Å². The maximum Gasteiger partial charge on any atom is 0.141 e. The van der Waals surface area contributed by atoms with Crippen molar-refractivity contribution in [2.24, 2.45) is 0 Å². The number of aromatic nitrogens is 2. The number of piperidine rings is 1. The van der Waals surface area contributed by atoms with Gasteiger partial charge in [-0.3, -0.25) is 0 Å². The van der Waals surface area contributed by atoms with E-state index in [0.717, 1.165) is 42.4 Å². The molecule has 1 aliphatic heterocycles. The van der Waals surface area contributed by atoms with E-state index in [4.69, 9.17) is 10.1 Å². The van der Waals surface area contributed by atoms with Crippen molar-refractivity contribution in [3.05, 3.63) is 16.8 Å². The fraction of sp³-hybridized carbons (Fsp3) is 0.600. The van der Waals surface area contributed by atoms with Crippen molar-refractivity contribution in [2.75, 3.05) is 31.1 Å². The monoisotopic (exact) mass is 306 g/mol. The molecule has 0 aromatic carbocycles.